The third-order valence-electron chi connectivity index (χ3n) is 4.62. The van der Waals surface area contributed by atoms with Gasteiger partial charge in [0.2, 0.25) is 0 Å². The molecule has 2 heterocycles. The van der Waals surface area contributed by atoms with Crippen LogP contribution in [-0.4, -0.2) is 53.9 Å². The fraction of sp³-hybridized carbons (Fsp3) is 0.923. The van der Waals surface area contributed by atoms with Crippen LogP contribution >= 0.6 is 0 Å². The molecule has 0 aromatic rings. The second kappa shape index (κ2) is 5.36. The van der Waals surface area contributed by atoms with Gasteiger partial charge in [0.1, 0.15) is 0 Å². The molecule has 2 saturated heterocycles. The maximum absolute atomic E-state index is 7.49. The molecule has 2 aliphatic heterocycles. The Morgan fingerprint density at radius 1 is 1.35 bits per heavy atom. The fourth-order valence-electron chi connectivity index (χ4n) is 3.45. The minimum Gasteiger partial charge on any atom is -0.388 e. The van der Waals surface area contributed by atoms with Gasteiger partial charge in [-0.05, 0) is 39.3 Å². The lowest BCUT2D eigenvalue weighted by Gasteiger charge is -2.32. The number of hydrogen-bond donors (Lipinski definition) is 2. The predicted octanol–water partition coefficient (Wildman–Crippen LogP) is 1.26. The lowest BCUT2D eigenvalue weighted by Crippen LogP contribution is -2.43. The molecule has 3 N–H and O–H groups in total. The van der Waals surface area contributed by atoms with Crippen LogP contribution < -0.4 is 5.73 Å². The average Bonchev–Trinajstić information content (AvgIpc) is 2.50. The molecule has 3 atom stereocenters. The molecule has 0 aromatic carbocycles. The molecule has 4 nitrogen and oxygen atoms in total. The molecule has 4 heteroatoms. The van der Waals surface area contributed by atoms with Crippen LogP contribution in [0.2, 0.25) is 0 Å². The zero-order valence-corrected chi connectivity index (χ0v) is 11.2. The summed E-state index contributed by atoms with van der Waals surface area (Å²) in [5.41, 5.74) is 5.56. The van der Waals surface area contributed by atoms with Crippen LogP contribution in [0.5, 0.6) is 0 Å². The summed E-state index contributed by atoms with van der Waals surface area (Å²) < 4.78 is 0. The lowest BCUT2D eigenvalue weighted by atomic mass is 10.0. The van der Waals surface area contributed by atoms with Crippen molar-refractivity contribution in [3.05, 3.63) is 0 Å². The molecule has 2 aliphatic rings. The van der Waals surface area contributed by atoms with E-state index in [0.29, 0.717) is 11.9 Å². The number of amidine groups is 1. The first kappa shape index (κ1) is 12.8. The van der Waals surface area contributed by atoms with Crippen LogP contribution in [0.25, 0.3) is 0 Å². The van der Waals surface area contributed by atoms with Crippen LogP contribution in [-0.2, 0) is 0 Å². The molecule has 0 aromatic heterocycles. The van der Waals surface area contributed by atoms with Crippen LogP contribution in [0.3, 0.4) is 0 Å². The van der Waals surface area contributed by atoms with E-state index in [2.05, 4.69) is 23.8 Å². The molecular weight excluding hydrogens is 212 g/mol. The Morgan fingerprint density at radius 3 is 2.71 bits per heavy atom. The molecular formula is C13H26N4. The van der Waals surface area contributed by atoms with Gasteiger partial charge >= 0.3 is 0 Å². The smallest absolute Gasteiger partial charge is 0.0921 e. The number of nitrogens with two attached hydrogens (primary N) is 1. The third kappa shape index (κ3) is 2.80. The van der Waals surface area contributed by atoms with Gasteiger partial charge in [-0.15, -0.1) is 0 Å². The summed E-state index contributed by atoms with van der Waals surface area (Å²) in [4.78, 5) is 5.14. The maximum atomic E-state index is 7.49. The molecule has 2 fully saturated rings. The summed E-state index contributed by atoms with van der Waals surface area (Å²) in [6, 6.07) is 1.99. The van der Waals surface area contributed by atoms with E-state index < -0.39 is 0 Å². The number of rotatable bonds is 4. The van der Waals surface area contributed by atoms with Gasteiger partial charge in [-0.3, -0.25) is 15.2 Å². The van der Waals surface area contributed by atoms with Crippen LogP contribution in [0.1, 0.15) is 39.0 Å². The van der Waals surface area contributed by atoms with Crippen molar-refractivity contribution in [3.63, 3.8) is 0 Å². The van der Waals surface area contributed by atoms with Crippen molar-refractivity contribution in [1.82, 2.24) is 9.80 Å². The minimum atomic E-state index is 0.333. The normalized spacial score (nSPS) is 32.4. The van der Waals surface area contributed by atoms with E-state index in [0.717, 1.165) is 24.9 Å². The van der Waals surface area contributed by atoms with Crippen LogP contribution in [0, 0.1) is 5.41 Å². The molecule has 0 aliphatic carbocycles. The Balaban J connectivity index is 1.99. The van der Waals surface area contributed by atoms with Gasteiger partial charge in [0.15, 0.2) is 0 Å². The third-order valence-corrected chi connectivity index (χ3v) is 4.62. The largest absolute Gasteiger partial charge is 0.388 e. The summed E-state index contributed by atoms with van der Waals surface area (Å²) in [5.74, 6) is 0.333. The van der Waals surface area contributed by atoms with Crippen LogP contribution in [0.4, 0.5) is 0 Å². The number of nitrogens with one attached hydrogen (secondary N) is 1. The molecule has 0 radical (unpaired) electrons. The van der Waals surface area contributed by atoms with Crippen molar-refractivity contribution in [2.24, 2.45) is 5.73 Å². The first-order chi connectivity index (χ1) is 8.11. The monoisotopic (exact) mass is 238 g/mol. The van der Waals surface area contributed by atoms with Crippen molar-refractivity contribution in [1.29, 1.82) is 5.41 Å². The summed E-state index contributed by atoms with van der Waals surface area (Å²) in [6.07, 6.45) is 5.83. The number of likely N-dealkylation sites (tertiary alicyclic amines) is 1. The zero-order chi connectivity index (χ0) is 12.4. The second-order valence-corrected chi connectivity index (χ2v) is 5.63. The summed E-state index contributed by atoms with van der Waals surface area (Å²) in [5, 5.41) is 7.49. The molecule has 2 rings (SSSR count). The van der Waals surface area contributed by atoms with Gasteiger partial charge in [-0.25, -0.2) is 0 Å². The van der Waals surface area contributed by atoms with E-state index in [9.17, 15) is 0 Å². The van der Waals surface area contributed by atoms with Gasteiger partial charge in [0.25, 0.3) is 0 Å². The average molecular weight is 238 g/mol. The van der Waals surface area contributed by atoms with Gasteiger partial charge in [0.05, 0.1) is 5.84 Å². The lowest BCUT2D eigenvalue weighted by molar-refractivity contribution is 0.170. The number of fused-ring (bicyclic) bond motifs is 2. The molecule has 3 unspecified atom stereocenters. The Hall–Kier alpha value is -0.610. The van der Waals surface area contributed by atoms with E-state index >= 15 is 0 Å². The SMILES string of the molecule is CCC(CC(=N)N)N1CCC2CCC(C1)N2C. The second-order valence-electron chi connectivity index (χ2n) is 5.63. The summed E-state index contributed by atoms with van der Waals surface area (Å²) >= 11 is 0. The number of hydrogen-bond acceptors (Lipinski definition) is 3. The van der Waals surface area contributed by atoms with Gasteiger partial charge in [0, 0.05) is 31.1 Å². The molecule has 0 saturated carbocycles. The molecule has 0 spiro atoms. The maximum Gasteiger partial charge on any atom is 0.0921 e. The standard InChI is InChI=1S/C13H26N4/c1-3-10(8-13(14)15)17-7-6-11-4-5-12(9-17)16(11)2/h10-12H,3-9H2,1-2H3,(H3,14,15). The summed E-state index contributed by atoms with van der Waals surface area (Å²) in [6.45, 7) is 4.55. The first-order valence-electron chi connectivity index (χ1n) is 6.90. The van der Waals surface area contributed by atoms with Gasteiger partial charge in [-0.2, -0.15) is 0 Å². The van der Waals surface area contributed by atoms with E-state index in [4.69, 9.17) is 11.1 Å². The molecule has 0 amide bonds. The van der Waals surface area contributed by atoms with Crippen molar-refractivity contribution < 1.29 is 0 Å². The highest BCUT2D eigenvalue weighted by atomic mass is 15.3. The van der Waals surface area contributed by atoms with E-state index in [1.54, 1.807) is 0 Å². The Morgan fingerprint density at radius 2 is 2.06 bits per heavy atom. The van der Waals surface area contributed by atoms with Gasteiger partial charge in [-0.1, -0.05) is 6.92 Å². The van der Waals surface area contributed by atoms with Crippen molar-refractivity contribution in [2.75, 3.05) is 20.1 Å². The number of likely N-dealkylation sites (N-methyl/N-ethyl adjacent to an activating group) is 1. The first-order valence-corrected chi connectivity index (χ1v) is 6.90. The molecule has 17 heavy (non-hydrogen) atoms. The molecule has 98 valence electrons. The highest BCUT2D eigenvalue weighted by Crippen LogP contribution is 2.29. The quantitative estimate of drug-likeness (QED) is 0.572. The predicted molar refractivity (Wildman–Crippen MR) is 71.4 cm³/mol. The van der Waals surface area contributed by atoms with Gasteiger partial charge < -0.3 is 5.73 Å². The Bertz CT molecular complexity index is 279. The van der Waals surface area contributed by atoms with E-state index in [1.165, 1.54) is 32.4 Å². The fourth-order valence-corrected chi connectivity index (χ4v) is 3.45. The highest BCUT2D eigenvalue weighted by Gasteiger charge is 2.36. The Kier molecular flexibility index (Phi) is 4.05. The van der Waals surface area contributed by atoms with Crippen molar-refractivity contribution in [3.8, 4) is 0 Å². The highest BCUT2D eigenvalue weighted by molar-refractivity contribution is 5.77. The zero-order valence-electron chi connectivity index (χ0n) is 11.2. The van der Waals surface area contributed by atoms with Crippen molar-refractivity contribution in [2.45, 2.75) is 57.2 Å². The van der Waals surface area contributed by atoms with Crippen molar-refractivity contribution >= 4 is 5.84 Å². The van der Waals surface area contributed by atoms with Crippen LogP contribution in [0.15, 0.2) is 0 Å². The van der Waals surface area contributed by atoms with E-state index in [1.807, 2.05) is 0 Å². The summed E-state index contributed by atoms with van der Waals surface area (Å²) in [7, 11) is 2.28. The number of nitrogens with zero attached hydrogens (tertiary/aromatic N) is 2. The Labute approximate surface area is 105 Å². The van der Waals surface area contributed by atoms with E-state index in [-0.39, 0.29) is 0 Å². The molecule has 2 bridgehead atoms. The minimum absolute atomic E-state index is 0.333. The topological polar surface area (TPSA) is 56.4 Å².